The van der Waals surface area contributed by atoms with Gasteiger partial charge >= 0.3 is 0 Å². The number of nitrogens with zero attached hydrogens (tertiary/aromatic N) is 7. The highest BCUT2D eigenvalue weighted by Gasteiger charge is 2.32. The molecular weight excluding hydrogens is 920 g/mol. The highest BCUT2D eigenvalue weighted by Crippen LogP contribution is 2.41. The second-order valence-electron chi connectivity index (χ2n) is 16.7. The van der Waals surface area contributed by atoms with Crippen LogP contribution in [-0.2, 0) is 26.2 Å². The van der Waals surface area contributed by atoms with Gasteiger partial charge in [0.1, 0.15) is 35.7 Å². The first kappa shape index (κ1) is 45.5. The Morgan fingerprint density at radius 2 is 1.20 bits per heavy atom. The average Bonchev–Trinajstić information content (AvgIpc) is 3.95. The number of hydrogen-bond acceptors (Lipinski definition) is 12. The van der Waals surface area contributed by atoms with Crippen LogP contribution in [0.4, 0.5) is 11.4 Å². The quantitative estimate of drug-likeness (QED) is 0.143. The first-order valence-electron chi connectivity index (χ1n) is 21.7. The van der Waals surface area contributed by atoms with Gasteiger partial charge in [-0.05, 0) is 49.1 Å². The van der Waals surface area contributed by atoms with Crippen LogP contribution in [-0.4, -0.2) is 132 Å². The summed E-state index contributed by atoms with van der Waals surface area (Å²) in [5, 5.41) is 16.2. The zero-order valence-electron chi connectivity index (χ0n) is 36.6. The minimum absolute atomic E-state index is 0. The van der Waals surface area contributed by atoms with Gasteiger partial charge in [-0.1, -0.05) is 72.8 Å². The number of H-pyrrole nitrogens is 1. The number of rotatable bonds is 9. The van der Waals surface area contributed by atoms with Gasteiger partial charge < -0.3 is 29.1 Å². The standard InChI is InChI=1S/C24H25ClN4O3S.C24H24N4O3S.ClH/c1-28-10-12-29(13-11-28)18-15-20-23(21(16-18)32-14-9-25)26-27-24(20)33(30,31)22-8-4-6-17-5-2-3-7-19(17)22;1-26-9-11-27(12-10-26)18-15-20-23-21(16-18)31-14-13-28(23)25-24(20)32(29,30)22-8-4-6-17-5-2-3-7-19(17)22;/h2-8,15-16H,9-14H2,1H3,(H,26,27);2-8,15-16H,9-14H2,1H3;1H. The summed E-state index contributed by atoms with van der Waals surface area (Å²) in [6, 6.07) is 33.5. The number of sulfone groups is 2. The fraction of sp³-hybridized carbons (Fsp3) is 0.292. The minimum Gasteiger partial charge on any atom is -0.490 e. The van der Waals surface area contributed by atoms with E-state index < -0.39 is 19.7 Å². The Balaban J connectivity index is 0.000000163. The number of alkyl halides is 1. The van der Waals surface area contributed by atoms with Crippen molar-refractivity contribution in [2.45, 2.75) is 26.4 Å². The lowest BCUT2D eigenvalue weighted by atomic mass is 10.1. The van der Waals surface area contributed by atoms with Crippen molar-refractivity contribution in [2.75, 3.05) is 95.3 Å². The van der Waals surface area contributed by atoms with E-state index in [-0.39, 0.29) is 32.2 Å². The van der Waals surface area contributed by atoms with Crippen LogP contribution in [0.2, 0.25) is 0 Å². The van der Waals surface area contributed by atoms with Gasteiger partial charge in [0.15, 0.2) is 10.1 Å². The molecule has 2 saturated heterocycles. The van der Waals surface area contributed by atoms with E-state index in [9.17, 15) is 16.8 Å². The Morgan fingerprint density at radius 1 is 0.652 bits per heavy atom. The number of aromatic amines is 1. The molecule has 0 spiro atoms. The number of fused-ring (bicyclic) bond motifs is 3. The molecule has 3 aliphatic rings. The van der Waals surface area contributed by atoms with Crippen LogP contribution < -0.4 is 19.3 Å². The van der Waals surface area contributed by atoms with Crippen LogP contribution in [0.15, 0.2) is 129 Å². The number of piperazine rings is 2. The van der Waals surface area contributed by atoms with E-state index in [0.29, 0.717) is 64.2 Å². The minimum atomic E-state index is -3.87. The molecule has 18 heteroatoms. The molecule has 3 aliphatic heterocycles. The number of benzene rings is 6. The molecule has 0 bridgehead atoms. The summed E-state index contributed by atoms with van der Waals surface area (Å²) in [7, 11) is -3.49. The van der Waals surface area contributed by atoms with Crippen LogP contribution >= 0.6 is 24.0 Å². The van der Waals surface area contributed by atoms with Crippen molar-refractivity contribution >= 4 is 98.4 Å². The van der Waals surface area contributed by atoms with Gasteiger partial charge in [0.25, 0.3) is 0 Å². The summed E-state index contributed by atoms with van der Waals surface area (Å²) in [5.74, 6) is 1.55. The lowest BCUT2D eigenvalue weighted by Gasteiger charge is -2.34. The van der Waals surface area contributed by atoms with Crippen molar-refractivity contribution in [2.24, 2.45) is 0 Å². The average molecular weight is 970 g/mol. The van der Waals surface area contributed by atoms with Gasteiger partial charge in [0, 0.05) is 97.4 Å². The van der Waals surface area contributed by atoms with Gasteiger partial charge in [0.05, 0.1) is 22.2 Å². The molecular formula is C48H50Cl2N8O6S2. The molecule has 11 rings (SSSR count). The van der Waals surface area contributed by atoms with Crippen LogP contribution in [0.1, 0.15) is 0 Å². The van der Waals surface area contributed by atoms with Crippen molar-refractivity contribution in [1.82, 2.24) is 29.8 Å². The zero-order valence-corrected chi connectivity index (χ0v) is 39.8. The van der Waals surface area contributed by atoms with Crippen LogP contribution in [0.5, 0.6) is 11.5 Å². The molecule has 2 aromatic heterocycles. The summed E-state index contributed by atoms with van der Waals surface area (Å²) in [4.78, 5) is 9.64. The SMILES string of the molecule is CN1CCN(c2cc(OCCCl)c3n[nH]c(S(=O)(=O)c4cccc5ccccc45)c3c2)CC1.CN1CCN(c2cc3c4c(c2)c(S(=O)(=O)c2cccc5ccccc25)nn4CCO3)CC1.Cl. The first-order valence-corrected chi connectivity index (χ1v) is 25.2. The molecule has 8 aromatic rings. The van der Waals surface area contributed by atoms with Crippen molar-refractivity contribution in [3.63, 3.8) is 0 Å². The maximum atomic E-state index is 13.9. The summed E-state index contributed by atoms with van der Waals surface area (Å²) in [6.45, 7) is 8.59. The maximum Gasteiger partial charge on any atom is 0.226 e. The molecule has 0 aliphatic carbocycles. The molecule has 344 valence electrons. The van der Waals surface area contributed by atoms with Crippen molar-refractivity contribution < 1.29 is 26.3 Å². The predicted octanol–water partition coefficient (Wildman–Crippen LogP) is 7.51. The first-order chi connectivity index (χ1) is 31.5. The Kier molecular flexibility index (Phi) is 12.8. The highest BCUT2D eigenvalue weighted by atomic mass is 35.5. The Labute approximate surface area is 394 Å². The third-order valence-corrected chi connectivity index (χ3v) is 16.3. The number of nitrogens with one attached hydrogen (secondary N) is 1. The summed E-state index contributed by atoms with van der Waals surface area (Å²) >= 11 is 5.86. The molecule has 0 amide bonds. The number of ether oxygens (including phenoxy) is 2. The van der Waals surface area contributed by atoms with E-state index in [1.165, 1.54) is 0 Å². The molecule has 0 radical (unpaired) electrons. The van der Waals surface area contributed by atoms with Gasteiger partial charge in [0.2, 0.25) is 19.7 Å². The second-order valence-corrected chi connectivity index (χ2v) is 20.8. The number of hydrogen-bond donors (Lipinski definition) is 1. The molecule has 6 aromatic carbocycles. The third kappa shape index (κ3) is 8.39. The van der Waals surface area contributed by atoms with Crippen molar-refractivity contribution in [1.29, 1.82) is 0 Å². The zero-order chi connectivity index (χ0) is 44.9. The second kappa shape index (κ2) is 18.6. The third-order valence-electron chi connectivity index (χ3n) is 12.6. The molecule has 0 saturated carbocycles. The summed E-state index contributed by atoms with van der Waals surface area (Å²) in [6.07, 6.45) is 0. The molecule has 0 unspecified atom stereocenters. The van der Waals surface area contributed by atoms with E-state index in [1.54, 1.807) is 28.9 Å². The normalized spacial score (nSPS) is 16.0. The molecule has 2 fully saturated rings. The lowest BCUT2D eigenvalue weighted by molar-refractivity contribution is 0.277. The lowest BCUT2D eigenvalue weighted by Crippen LogP contribution is -2.44. The molecule has 1 N–H and O–H groups in total. The fourth-order valence-electron chi connectivity index (χ4n) is 9.03. The smallest absolute Gasteiger partial charge is 0.226 e. The van der Waals surface area contributed by atoms with Gasteiger partial charge in [-0.25, -0.2) is 16.8 Å². The Hall–Kier alpha value is -5.62. The van der Waals surface area contributed by atoms with Gasteiger partial charge in [-0.15, -0.1) is 24.0 Å². The Morgan fingerprint density at radius 3 is 1.80 bits per heavy atom. The number of likely N-dealkylation sites (N-methyl/N-ethyl adjacent to an activating group) is 2. The number of halogens is 2. The molecule has 14 nitrogen and oxygen atoms in total. The van der Waals surface area contributed by atoms with E-state index in [1.807, 2.05) is 84.9 Å². The van der Waals surface area contributed by atoms with Crippen molar-refractivity contribution in [3.05, 3.63) is 109 Å². The van der Waals surface area contributed by atoms with E-state index in [4.69, 9.17) is 21.1 Å². The van der Waals surface area contributed by atoms with Gasteiger partial charge in [-0.2, -0.15) is 10.2 Å². The fourth-order valence-corrected chi connectivity index (χ4v) is 12.3. The molecule has 0 atom stereocenters. The van der Waals surface area contributed by atoms with Crippen LogP contribution in [0, 0.1) is 0 Å². The van der Waals surface area contributed by atoms with E-state index in [2.05, 4.69) is 49.0 Å². The number of aromatic nitrogens is 4. The highest BCUT2D eigenvalue weighted by molar-refractivity contribution is 7.92. The van der Waals surface area contributed by atoms with Crippen molar-refractivity contribution in [3.8, 4) is 11.5 Å². The summed E-state index contributed by atoms with van der Waals surface area (Å²) < 4.78 is 69.1. The topological polar surface area (TPSA) is 146 Å². The van der Waals surface area contributed by atoms with E-state index in [0.717, 1.165) is 80.0 Å². The monoisotopic (exact) mass is 968 g/mol. The predicted molar refractivity (Wildman–Crippen MR) is 263 cm³/mol. The number of anilines is 2. The molecule has 5 heterocycles. The maximum absolute atomic E-state index is 13.9. The van der Waals surface area contributed by atoms with E-state index >= 15 is 0 Å². The van der Waals surface area contributed by atoms with Crippen LogP contribution in [0.3, 0.4) is 0 Å². The largest absolute Gasteiger partial charge is 0.490 e. The van der Waals surface area contributed by atoms with Crippen LogP contribution in [0.25, 0.3) is 43.4 Å². The van der Waals surface area contributed by atoms with Gasteiger partial charge in [-0.3, -0.25) is 9.78 Å². The summed E-state index contributed by atoms with van der Waals surface area (Å²) in [5.41, 5.74) is 3.14. The molecule has 66 heavy (non-hydrogen) atoms. The Bertz CT molecular complexity index is 3300.